The lowest BCUT2D eigenvalue weighted by molar-refractivity contribution is -0.207. The van der Waals surface area contributed by atoms with Crippen molar-refractivity contribution >= 4 is 24.4 Å². The summed E-state index contributed by atoms with van der Waals surface area (Å²) in [4.78, 5) is 2.24. The minimum absolute atomic E-state index is 0.293. The third-order valence-corrected chi connectivity index (χ3v) is 3.70. The predicted octanol–water partition coefficient (Wildman–Crippen LogP) is 1.30. The average molecular weight is 338 g/mol. The van der Waals surface area contributed by atoms with Gasteiger partial charge >= 0.3 is 0 Å². The fourth-order valence-electron chi connectivity index (χ4n) is 1.95. The van der Waals surface area contributed by atoms with Gasteiger partial charge in [0.15, 0.2) is 22.9 Å². The van der Waals surface area contributed by atoms with Crippen molar-refractivity contribution in [2.24, 2.45) is 0 Å². The number of alkyl halides is 2. The van der Waals surface area contributed by atoms with Gasteiger partial charge in [-0.3, -0.25) is 4.57 Å². The van der Waals surface area contributed by atoms with E-state index in [9.17, 15) is 18.3 Å². The van der Waals surface area contributed by atoms with Crippen LogP contribution in [0.5, 0.6) is 0 Å². The minimum Gasteiger partial charge on any atom is -0.390 e. The highest BCUT2D eigenvalue weighted by atomic mass is 32.1. The van der Waals surface area contributed by atoms with Crippen LogP contribution in [-0.4, -0.2) is 44.0 Å². The highest BCUT2D eigenvalue weighted by Crippen LogP contribution is 2.47. The molecule has 0 aliphatic carbocycles. The molecule has 0 bridgehead atoms. The molecule has 0 saturated carbocycles. The lowest BCUT2D eigenvalue weighted by atomic mass is 9.96. The highest BCUT2D eigenvalue weighted by molar-refractivity contribution is 7.72. The Labute approximate surface area is 127 Å². The number of aromatic nitrogens is 2. The molecular formula is C11H9F3N2O3S2. The van der Waals surface area contributed by atoms with E-state index >= 15 is 0 Å². The van der Waals surface area contributed by atoms with E-state index in [0.717, 1.165) is 0 Å². The zero-order valence-corrected chi connectivity index (χ0v) is 11.8. The van der Waals surface area contributed by atoms with Crippen LogP contribution in [0.2, 0.25) is 0 Å². The number of aliphatic hydroxyl groups is 2. The molecule has 3 N–H and O–H groups in total. The van der Waals surface area contributed by atoms with E-state index in [2.05, 4.69) is 21.9 Å². The molecular weight excluding hydrogens is 329 g/mol. The second-order valence-electron chi connectivity index (χ2n) is 4.37. The number of nitrogens with one attached hydrogen (secondary N) is 1. The van der Waals surface area contributed by atoms with Crippen molar-refractivity contribution in [1.82, 2.24) is 9.55 Å². The fourth-order valence-corrected chi connectivity index (χ4v) is 2.42. The van der Waals surface area contributed by atoms with Crippen LogP contribution in [0.15, 0.2) is 6.20 Å². The Balaban J connectivity index is 2.64. The van der Waals surface area contributed by atoms with Gasteiger partial charge in [-0.05, 0) is 12.2 Å². The second-order valence-corrected chi connectivity index (χ2v) is 5.17. The number of H-pyrrole nitrogens is 1. The van der Waals surface area contributed by atoms with Gasteiger partial charge in [-0.1, -0.05) is 18.1 Å². The summed E-state index contributed by atoms with van der Waals surface area (Å²) >= 11 is 9.43. The van der Waals surface area contributed by atoms with Crippen molar-refractivity contribution in [3.8, 4) is 12.3 Å². The molecule has 5 nitrogen and oxygen atoms in total. The Hall–Kier alpha value is -1.25. The molecule has 2 rings (SSSR count). The lowest BCUT2D eigenvalue weighted by Gasteiger charge is -2.24. The molecule has 114 valence electrons. The zero-order valence-electron chi connectivity index (χ0n) is 10.2. The van der Waals surface area contributed by atoms with E-state index < -0.39 is 36.3 Å². The molecule has 4 atom stereocenters. The Bertz CT molecular complexity index is 731. The Kier molecular flexibility index (Phi) is 3.98. The molecule has 1 aromatic heterocycles. The molecule has 0 amide bonds. The highest BCUT2D eigenvalue weighted by Gasteiger charge is 2.66. The van der Waals surface area contributed by atoms with Crippen LogP contribution in [-0.2, 0) is 4.74 Å². The molecule has 1 aliphatic heterocycles. The molecule has 1 aromatic rings. The monoisotopic (exact) mass is 338 g/mol. The van der Waals surface area contributed by atoms with E-state index in [4.69, 9.17) is 23.7 Å². The summed E-state index contributed by atoms with van der Waals surface area (Å²) in [5.41, 5.74) is -3.07. The van der Waals surface area contributed by atoms with Crippen LogP contribution in [0.25, 0.3) is 0 Å². The summed E-state index contributed by atoms with van der Waals surface area (Å²) in [7, 11) is 0. The molecule has 0 radical (unpaired) electrons. The van der Waals surface area contributed by atoms with Gasteiger partial charge in [0.25, 0.3) is 5.85 Å². The smallest absolute Gasteiger partial charge is 0.264 e. The van der Waals surface area contributed by atoms with Gasteiger partial charge in [-0.2, -0.15) is 0 Å². The molecule has 1 fully saturated rings. The standard InChI is InChI=1S/C11H9F3N2O3S2/c1-2-10(13)7(18)11(14,4-17)19-8(10)16-3-5(12)6(20)15-9(16)21/h1,3,7-8,17-18H,4H2,(H,15,20,21)/t7?,8-,10-,11-/m1/s1. The van der Waals surface area contributed by atoms with Crippen LogP contribution >= 0.6 is 24.4 Å². The number of aliphatic hydroxyl groups excluding tert-OH is 2. The normalized spacial score (nSPS) is 35.6. The first-order valence-corrected chi connectivity index (χ1v) is 6.34. The van der Waals surface area contributed by atoms with Crippen LogP contribution in [0, 0.1) is 27.6 Å². The third kappa shape index (κ3) is 2.31. The maximum Gasteiger partial charge on any atom is 0.264 e. The molecule has 0 aromatic carbocycles. The number of rotatable bonds is 2. The largest absolute Gasteiger partial charge is 0.390 e. The van der Waals surface area contributed by atoms with Gasteiger partial charge in [-0.15, -0.1) is 6.42 Å². The molecule has 1 saturated heterocycles. The van der Waals surface area contributed by atoms with Crippen LogP contribution in [0.4, 0.5) is 13.2 Å². The van der Waals surface area contributed by atoms with Crippen LogP contribution in [0.3, 0.4) is 0 Å². The first-order valence-electron chi connectivity index (χ1n) is 5.53. The van der Waals surface area contributed by atoms with Gasteiger partial charge in [0.1, 0.15) is 11.2 Å². The van der Waals surface area contributed by atoms with Gasteiger partial charge in [-0.25, -0.2) is 13.2 Å². The van der Waals surface area contributed by atoms with Gasteiger partial charge in [0, 0.05) is 6.20 Å². The first kappa shape index (κ1) is 16.1. The predicted molar refractivity (Wildman–Crippen MR) is 70.1 cm³/mol. The van der Waals surface area contributed by atoms with Crippen molar-refractivity contribution in [3.63, 3.8) is 0 Å². The zero-order chi connectivity index (χ0) is 16.0. The first-order chi connectivity index (χ1) is 9.69. The number of terminal acetylenes is 1. The maximum absolute atomic E-state index is 14.7. The SMILES string of the molecule is C#C[C@@]1(F)C(O)[C@@](F)(CO)O[C@H]1n1cc(F)c(=S)[nH]c1=S. The number of hydrogen-bond acceptors (Lipinski definition) is 5. The quantitative estimate of drug-likeness (QED) is 0.560. The minimum atomic E-state index is -3.15. The Morgan fingerprint density at radius 2 is 2.14 bits per heavy atom. The number of ether oxygens (including phenoxy) is 1. The fraction of sp³-hybridized carbons (Fsp3) is 0.455. The van der Waals surface area contributed by atoms with Gasteiger partial charge in [0.2, 0.25) is 5.67 Å². The maximum atomic E-state index is 14.7. The number of nitrogens with zero attached hydrogens (tertiary/aromatic N) is 1. The van der Waals surface area contributed by atoms with Crippen LogP contribution in [0.1, 0.15) is 6.23 Å². The second kappa shape index (κ2) is 5.19. The molecule has 0 spiro atoms. The van der Waals surface area contributed by atoms with E-state index in [-0.39, 0.29) is 9.41 Å². The lowest BCUT2D eigenvalue weighted by Crippen LogP contribution is -2.47. The molecule has 2 heterocycles. The van der Waals surface area contributed by atoms with Crippen molar-refractivity contribution in [3.05, 3.63) is 21.4 Å². The molecule has 10 heteroatoms. The van der Waals surface area contributed by atoms with Crippen molar-refractivity contribution < 1.29 is 28.1 Å². The van der Waals surface area contributed by atoms with Crippen molar-refractivity contribution in [1.29, 1.82) is 0 Å². The summed E-state index contributed by atoms with van der Waals surface area (Å²) in [6.45, 7) is -1.35. The average Bonchev–Trinajstić information content (AvgIpc) is 2.66. The van der Waals surface area contributed by atoms with E-state index in [1.165, 1.54) is 0 Å². The summed E-state index contributed by atoms with van der Waals surface area (Å²) in [6, 6.07) is 0. The Morgan fingerprint density at radius 3 is 2.67 bits per heavy atom. The van der Waals surface area contributed by atoms with E-state index in [0.29, 0.717) is 10.8 Å². The van der Waals surface area contributed by atoms with Crippen molar-refractivity contribution in [2.45, 2.75) is 23.9 Å². The molecule has 1 aliphatic rings. The summed E-state index contributed by atoms with van der Waals surface area (Å²) in [6.07, 6.45) is 1.20. The summed E-state index contributed by atoms with van der Waals surface area (Å²) in [5, 5.41) is 18.6. The third-order valence-electron chi connectivity index (χ3n) is 3.09. The molecule has 1 unspecified atom stereocenters. The van der Waals surface area contributed by atoms with Gasteiger partial charge < -0.3 is 19.9 Å². The van der Waals surface area contributed by atoms with Crippen molar-refractivity contribution in [2.75, 3.05) is 6.61 Å². The summed E-state index contributed by atoms with van der Waals surface area (Å²) in [5.74, 6) is -2.56. The number of aromatic amines is 1. The van der Waals surface area contributed by atoms with Gasteiger partial charge in [0.05, 0.1) is 0 Å². The number of hydrogen-bond donors (Lipinski definition) is 3. The molecule has 21 heavy (non-hydrogen) atoms. The number of halogens is 3. The van der Waals surface area contributed by atoms with E-state index in [1.54, 1.807) is 5.92 Å². The summed E-state index contributed by atoms with van der Waals surface area (Å²) < 4.78 is 47.0. The van der Waals surface area contributed by atoms with E-state index in [1.807, 2.05) is 0 Å². The van der Waals surface area contributed by atoms with Crippen LogP contribution < -0.4 is 0 Å². The Morgan fingerprint density at radius 1 is 1.52 bits per heavy atom. The topological polar surface area (TPSA) is 70.4 Å².